The van der Waals surface area contributed by atoms with Crippen LogP contribution in [0.15, 0.2) is 12.3 Å². The summed E-state index contributed by atoms with van der Waals surface area (Å²) in [6.07, 6.45) is 4.27. The molecule has 0 amide bonds. The summed E-state index contributed by atoms with van der Waals surface area (Å²) in [7, 11) is 0. The minimum atomic E-state index is 0.456. The minimum Gasteiger partial charge on any atom is -0.303 e. The molecule has 0 bridgehead atoms. The van der Waals surface area contributed by atoms with Gasteiger partial charge in [0, 0.05) is 28.5 Å². The van der Waals surface area contributed by atoms with Crippen molar-refractivity contribution in [3.63, 3.8) is 0 Å². The fraction of sp³-hybridized carbons (Fsp3) is 0.417. The van der Waals surface area contributed by atoms with Crippen LogP contribution in [-0.2, 0) is 13.0 Å². The first-order valence-electron chi connectivity index (χ1n) is 5.65. The monoisotopic (exact) mass is 284 g/mol. The molecular formula is C12H13ClN2S2. The molecule has 0 fully saturated rings. The largest absolute Gasteiger partial charge is 0.303 e. The van der Waals surface area contributed by atoms with E-state index in [0.29, 0.717) is 6.04 Å². The summed E-state index contributed by atoms with van der Waals surface area (Å²) >= 11 is 9.52. The molecule has 3 rings (SSSR count). The van der Waals surface area contributed by atoms with Gasteiger partial charge in [-0.15, -0.1) is 22.7 Å². The van der Waals surface area contributed by atoms with Crippen LogP contribution in [0, 0.1) is 6.92 Å². The summed E-state index contributed by atoms with van der Waals surface area (Å²) in [4.78, 5) is 7.09. The van der Waals surface area contributed by atoms with Crippen LogP contribution in [0.5, 0.6) is 0 Å². The van der Waals surface area contributed by atoms with E-state index < -0.39 is 0 Å². The summed E-state index contributed by atoms with van der Waals surface area (Å²) in [5.74, 6) is 0. The molecule has 1 unspecified atom stereocenters. The molecule has 1 N–H and O–H groups in total. The van der Waals surface area contributed by atoms with E-state index >= 15 is 0 Å². The van der Waals surface area contributed by atoms with Gasteiger partial charge in [0.15, 0.2) is 0 Å². The number of halogens is 1. The molecule has 1 atom stereocenters. The predicted molar refractivity (Wildman–Crippen MR) is 74.1 cm³/mol. The van der Waals surface area contributed by atoms with Gasteiger partial charge in [0.1, 0.15) is 5.01 Å². The van der Waals surface area contributed by atoms with E-state index in [1.54, 1.807) is 22.7 Å². The summed E-state index contributed by atoms with van der Waals surface area (Å²) in [6.45, 7) is 2.95. The van der Waals surface area contributed by atoms with Gasteiger partial charge >= 0.3 is 0 Å². The lowest BCUT2D eigenvalue weighted by molar-refractivity contribution is 0.529. The third kappa shape index (κ3) is 2.40. The quantitative estimate of drug-likeness (QED) is 0.923. The number of nitrogens with zero attached hydrogens (tertiary/aromatic N) is 1. The molecule has 1 aliphatic rings. The van der Waals surface area contributed by atoms with Crippen LogP contribution in [0.3, 0.4) is 0 Å². The van der Waals surface area contributed by atoms with E-state index in [0.717, 1.165) is 22.3 Å². The Labute approximate surface area is 114 Å². The Kier molecular flexibility index (Phi) is 3.21. The van der Waals surface area contributed by atoms with E-state index in [1.807, 2.05) is 6.20 Å². The lowest BCUT2D eigenvalue weighted by Gasteiger charge is -2.11. The number of aryl methyl sites for hydroxylation is 2. The first kappa shape index (κ1) is 11.7. The first-order valence-corrected chi connectivity index (χ1v) is 7.66. The standard InChI is InChI=1S/C12H13ClN2S2/c1-7-5-15-12(16-7)6-14-9-2-3-10-8(9)4-11(13)17-10/h4-5,9,14H,2-3,6H2,1H3. The van der Waals surface area contributed by atoms with E-state index in [2.05, 4.69) is 23.3 Å². The summed E-state index contributed by atoms with van der Waals surface area (Å²) in [6, 6.07) is 2.57. The number of hydrogen-bond donors (Lipinski definition) is 1. The van der Waals surface area contributed by atoms with E-state index in [1.165, 1.54) is 21.7 Å². The fourth-order valence-electron chi connectivity index (χ4n) is 2.24. The highest BCUT2D eigenvalue weighted by atomic mass is 35.5. The fourth-order valence-corrected chi connectivity index (χ4v) is 4.33. The van der Waals surface area contributed by atoms with Gasteiger partial charge in [-0.3, -0.25) is 0 Å². The van der Waals surface area contributed by atoms with Crippen LogP contribution in [0.25, 0.3) is 0 Å². The minimum absolute atomic E-state index is 0.456. The van der Waals surface area contributed by atoms with Crippen molar-refractivity contribution in [2.45, 2.75) is 32.4 Å². The molecule has 0 saturated carbocycles. The Hall–Kier alpha value is -0.420. The van der Waals surface area contributed by atoms with Crippen LogP contribution >= 0.6 is 34.3 Å². The molecule has 2 aromatic heterocycles. The average Bonchev–Trinajstić information content (AvgIpc) is 2.92. The lowest BCUT2D eigenvalue weighted by atomic mass is 10.2. The van der Waals surface area contributed by atoms with E-state index in [-0.39, 0.29) is 0 Å². The zero-order valence-electron chi connectivity index (χ0n) is 9.50. The van der Waals surface area contributed by atoms with Crippen LogP contribution in [0.1, 0.15) is 32.8 Å². The summed E-state index contributed by atoms with van der Waals surface area (Å²) < 4.78 is 0.909. The van der Waals surface area contributed by atoms with Gasteiger partial charge in [0.25, 0.3) is 0 Å². The maximum atomic E-state index is 6.04. The molecule has 90 valence electrons. The number of thiazole rings is 1. The second-order valence-electron chi connectivity index (χ2n) is 4.27. The number of rotatable bonds is 3. The van der Waals surface area contributed by atoms with Crippen LogP contribution in [0.2, 0.25) is 4.34 Å². The molecule has 5 heteroatoms. The third-order valence-electron chi connectivity index (χ3n) is 3.02. The molecule has 17 heavy (non-hydrogen) atoms. The van der Waals surface area contributed by atoms with Crippen molar-refractivity contribution in [2.24, 2.45) is 0 Å². The van der Waals surface area contributed by atoms with Gasteiger partial charge in [0.2, 0.25) is 0 Å². The zero-order valence-corrected chi connectivity index (χ0v) is 11.9. The number of hydrogen-bond acceptors (Lipinski definition) is 4. The Morgan fingerprint density at radius 3 is 3.18 bits per heavy atom. The highest BCUT2D eigenvalue weighted by molar-refractivity contribution is 7.16. The SMILES string of the molecule is Cc1cnc(CNC2CCc3sc(Cl)cc32)s1. The number of thiophene rings is 1. The van der Waals surface area contributed by atoms with Crippen molar-refractivity contribution in [2.75, 3.05) is 0 Å². The van der Waals surface area contributed by atoms with Gasteiger partial charge in [-0.2, -0.15) is 0 Å². The number of fused-ring (bicyclic) bond motifs is 1. The highest BCUT2D eigenvalue weighted by Gasteiger charge is 2.24. The van der Waals surface area contributed by atoms with Crippen molar-refractivity contribution in [1.82, 2.24) is 10.3 Å². The normalized spacial score (nSPS) is 18.6. The maximum Gasteiger partial charge on any atom is 0.107 e. The Bertz CT molecular complexity index is 532. The van der Waals surface area contributed by atoms with Crippen molar-refractivity contribution < 1.29 is 0 Å². The van der Waals surface area contributed by atoms with Crippen LogP contribution in [0.4, 0.5) is 0 Å². The topological polar surface area (TPSA) is 24.9 Å². The third-order valence-corrected chi connectivity index (χ3v) is 5.27. The molecule has 0 spiro atoms. The lowest BCUT2D eigenvalue weighted by Crippen LogP contribution is -2.18. The van der Waals surface area contributed by atoms with Gasteiger partial charge in [-0.1, -0.05) is 11.6 Å². The van der Waals surface area contributed by atoms with Crippen molar-refractivity contribution >= 4 is 34.3 Å². The zero-order chi connectivity index (χ0) is 11.8. The average molecular weight is 285 g/mol. The Morgan fingerprint density at radius 1 is 1.53 bits per heavy atom. The van der Waals surface area contributed by atoms with Crippen molar-refractivity contribution in [3.05, 3.63) is 36.9 Å². The Morgan fingerprint density at radius 2 is 2.41 bits per heavy atom. The summed E-state index contributed by atoms with van der Waals surface area (Å²) in [5, 5.41) is 4.74. The molecule has 2 aromatic rings. The maximum absolute atomic E-state index is 6.04. The second kappa shape index (κ2) is 4.69. The van der Waals surface area contributed by atoms with Gasteiger partial charge in [-0.05, 0) is 31.4 Å². The van der Waals surface area contributed by atoms with Crippen LogP contribution in [-0.4, -0.2) is 4.98 Å². The molecule has 0 aromatic carbocycles. The molecule has 0 saturated heterocycles. The van der Waals surface area contributed by atoms with E-state index in [4.69, 9.17) is 11.6 Å². The molecule has 2 heterocycles. The van der Waals surface area contributed by atoms with Gasteiger partial charge in [0.05, 0.1) is 4.34 Å². The highest BCUT2D eigenvalue weighted by Crippen LogP contribution is 2.39. The van der Waals surface area contributed by atoms with Crippen molar-refractivity contribution in [1.29, 1.82) is 0 Å². The van der Waals surface area contributed by atoms with Crippen LogP contribution < -0.4 is 5.32 Å². The first-order chi connectivity index (χ1) is 8.22. The summed E-state index contributed by atoms with van der Waals surface area (Å²) in [5.41, 5.74) is 1.40. The number of aromatic nitrogens is 1. The molecule has 0 aliphatic heterocycles. The van der Waals surface area contributed by atoms with Gasteiger partial charge < -0.3 is 5.32 Å². The van der Waals surface area contributed by atoms with Gasteiger partial charge in [-0.25, -0.2) is 4.98 Å². The predicted octanol–water partition coefficient (Wildman–Crippen LogP) is 3.94. The van der Waals surface area contributed by atoms with Crippen molar-refractivity contribution in [3.8, 4) is 0 Å². The number of nitrogens with one attached hydrogen (secondary N) is 1. The van der Waals surface area contributed by atoms with E-state index in [9.17, 15) is 0 Å². The molecule has 0 radical (unpaired) electrons. The second-order valence-corrected chi connectivity index (χ2v) is 7.35. The molecule has 1 aliphatic carbocycles. The molecule has 2 nitrogen and oxygen atoms in total. The Balaban J connectivity index is 1.67. The smallest absolute Gasteiger partial charge is 0.107 e. The molecular weight excluding hydrogens is 272 g/mol.